The Morgan fingerprint density at radius 3 is 2.74 bits per heavy atom. The number of fused-ring (bicyclic) bond motifs is 1. The van der Waals surface area contributed by atoms with Crippen LogP contribution in [0.25, 0.3) is 6.08 Å². The molecule has 0 saturated heterocycles. The first-order valence-electron chi connectivity index (χ1n) is 7.64. The first-order chi connectivity index (χ1) is 11.1. The van der Waals surface area contributed by atoms with Gasteiger partial charge in [0.05, 0.1) is 5.69 Å². The minimum absolute atomic E-state index is 0.0449. The van der Waals surface area contributed by atoms with Gasteiger partial charge in [0, 0.05) is 22.8 Å². The van der Waals surface area contributed by atoms with Crippen molar-refractivity contribution in [3.05, 3.63) is 66.0 Å². The van der Waals surface area contributed by atoms with Crippen LogP contribution >= 0.6 is 11.8 Å². The molecule has 3 rings (SSSR count). The number of rotatable bonds is 2. The second kappa shape index (κ2) is 7.01. The number of para-hydroxylation sites is 1. The molecule has 2 nitrogen and oxygen atoms in total. The third-order valence-electron chi connectivity index (χ3n) is 3.80. The highest BCUT2D eigenvalue weighted by molar-refractivity contribution is 8.00. The van der Waals surface area contributed by atoms with Gasteiger partial charge in [-0.3, -0.25) is 4.79 Å². The summed E-state index contributed by atoms with van der Waals surface area (Å²) in [6.07, 6.45) is 4.24. The highest BCUT2D eigenvalue weighted by atomic mass is 32.2. The molecule has 0 bridgehead atoms. The minimum Gasteiger partial charge on any atom is -0.308 e. The zero-order chi connectivity index (χ0) is 16.2. The zero-order valence-electron chi connectivity index (χ0n) is 12.9. The Labute approximate surface area is 140 Å². The summed E-state index contributed by atoms with van der Waals surface area (Å²) in [5, 5.41) is 0.482. The number of amides is 1. The topological polar surface area (TPSA) is 20.3 Å². The van der Waals surface area contributed by atoms with E-state index in [1.165, 1.54) is 12.1 Å². The third kappa shape index (κ3) is 3.82. The Morgan fingerprint density at radius 1 is 1.22 bits per heavy atom. The van der Waals surface area contributed by atoms with Crippen LogP contribution in [-0.2, 0) is 4.79 Å². The molecule has 4 heteroatoms. The number of anilines is 1. The molecular formula is C19H18FNOS. The summed E-state index contributed by atoms with van der Waals surface area (Å²) in [4.78, 5) is 15.6. The quantitative estimate of drug-likeness (QED) is 0.742. The molecule has 0 N–H and O–H groups in total. The van der Waals surface area contributed by atoms with Crippen LogP contribution in [0, 0.1) is 5.82 Å². The monoisotopic (exact) mass is 327 g/mol. The van der Waals surface area contributed by atoms with Crippen LogP contribution in [0.2, 0.25) is 0 Å². The lowest BCUT2D eigenvalue weighted by Crippen LogP contribution is -2.30. The van der Waals surface area contributed by atoms with Gasteiger partial charge < -0.3 is 4.90 Å². The van der Waals surface area contributed by atoms with Crippen molar-refractivity contribution in [2.45, 2.75) is 23.5 Å². The Hall–Kier alpha value is -2.07. The molecule has 1 aliphatic heterocycles. The molecule has 1 atom stereocenters. The van der Waals surface area contributed by atoms with Gasteiger partial charge in [0.2, 0.25) is 0 Å². The maximum atomic E-state index is 12.9. The van der Waals surface area contributed by atoms with E-state index in [4.69, 9.17) is 0 Å². The van der Waals surface area contributed by atoms with Gasteiger partial charge in [-0.15, -0.1) is 11.8 Å². The molecule has 0 aromatic heterocycles. The maximum Gasteiger partial charge on any atom is 0.251 e. The van der Waals surface area contributed by atoms with E-state index < -0.39 is 0 Å². The highest BCUT2D eigenvalue weighted by Gasteiger charge is 2.22. The lowest BCUT2D eigenvalue weighted by atomic mass is 10.2. The molecule has 0 fully saturated rings. The summed E-state index contributed by atoms with van der Waals surface area (Å²) in [5.41, 5.74) is 1.78. The van der Waals surface area contributed by atoms with Crippen LogP contribution in [0.4, 0.5) is 10.1 Å². The highest BCUT2D eigenvalue weighted by Crippen LogP contribution is 2.37. The predicted octanol–water partition coefficient (Wildman–Crippen LogP) is 4.76. The van der Waals surface area contributed by atoms with Crippen molar-refractivity contribution in [1.29, 1.82) is 0 Å². The standard InChI is InChI=1S/C19H18FNOS/c1-14-12-13-21(17-4-2-3-5-18(17)23-14)19(22)11-8-15-6-9-16(20)10-7-15/h2-11,14H,12-13H2,1H3/b11-8-/t14-/m1/s1. The molecule has 2 aromatic rings. The summed E-state index contributed by atoms with van der Waals surface area (Å²) < 4.78 is 12.9. The van der Waals surface area contributed by atoms with Crippen molar-refractivity contribution in [2.24, 2.45) is 0 Å². The molecule has 0 aliphatic carbocycles. The molecule has 23 heavy (non-hydrogen) atoms. The number of carbonyl (C=O) groups excluding carboxylic acids is 1. The Kier molecular flexibility index (Phi) is 4.82. The number of halogens is 1. The fraction of sp³-hybridized carbons (Fsp3) is 0.211. The number of benzene rings is 2. The number of thioether (sulfide) groups is 1. The van der Waals surface area contributed by atoms with Crippen LogP contribution in [0.1, 0.15) is 18.9 Å². The van der Waals surface area contributed by atoms with Gasteiger partial charge in [-0.2, -0.15) is 0 Å². The van der Waals surface area contributed by atoms with Crippen LogP contribution in [0.3, 0.4) is 0 Å². The first kappa shape index (κ1) is 15.8. The fourth-order valence-electron chi connectivity index (χ4n) is 2.55. The molecule has 0 spiro atoms. The fourth-order valence-corrected chi connectivity index (χ4v) is 3.66. The van der Waals surface area contributed by atoms with Crippen molar-refractivity contribution in [1.82, 2.24) is 0 Å². The molecule has 1 amide bonds. The third-order valence-corrected chi connectivity index (χ3v) is 5.04. The lowest BCUT2D eigenvalue weighted by Gasteiger charge is -2.20. The average molecular weight is 327 g/mol. The lowest BCUT2D eigenvalue weighted by molar-refractivity contribution is -0.114. The molecule has 0 unspecified atom stereocenters. The van der Waals surface area contributed by atoms with Crippen LogP contribution in [-0.4, -0.2) is 17.7 Å². The Morgan fingerprint density at radius 2 is 1.96 bits per heavy atom. The number of hydrogen-bond donors (Lipinski definition) is 0. The second-order valence-corrected chi connectivity index (χ2v) is 7.04. The van der Waals surface area contributed by atoms with E-state index in [0.29, 0.717) is 11.8 Å². The second-order valence-electron chi connectivity index (χ2n) is 5.56. The minimum atomic E-state index is -0.277. The molecule has 0 radical (unpaired) electrons. The van der Waals surface area contributed by atoms with Gasteiger partial charge in [-0.05, 0) is 42.3 Å². The number of hydrogen-bond acceptors (Lipinski definition) is 2. The largest absolute Gasteiger partial charge is 0.308 e. The zero-order valence-corrected chi connectivity index (χ0v) is 13.7. The van der Waals surface area contributed by atoms with Crippen molar-refractivity contribution < 1.29 is 9.18 Å². The van der Waals surface area contributed by atoms with Gasteiger partial charge >= 0.3 is 0 Å². The molecule has 0 saturated carbocycles. The summed E-state index contributed by atoms with van der Waals surface area (Å²) >= 11 is 1.81. The summed E-state index contributed by atoms with van der Waals surface area (Å²) in [5.74, 6) is -0.322. The summed E-state index contributed by atoms with van der Waals surface area (Å²) in [6, 6.07) is 14.1. The molecule has 1 aliphatic rings. The van der Waals surface area contributed by atoms with Crippen LogP contribution < -0.4 is 4.90 Å². The SMILES string of the molecule is C[C@@H]1CCN(C(=O)/C=C\c2ccc(F)cc2)c2ccccc2S1. The Balaban J connectivity index is 1.82. The van der Waals surface area contributed by atoms with E-state index in [-0.39, 0.29) is 11.7 Å². The molecule has 2 aromatic carbocycles. The maximum absolute atomic E-state index is 12.9. The van der Waals surface area contributed by atoms with Crippen molar-refractivity contribution >= 4 is 29.4 Å². The van der Waals surface area contributed by atoms with Crippen molar-refractivity contribution in [3.8, 4) is 0 Å². The van der Waals surface area contributed by atoms with Gasteiger partial charge in [0.1, 0.15) is 5.82 Å². The van der Waals surface area contributed by atoms with Crippen molar-refractivity contribution in [3.63, 3.8) is 0 Å². The van der Waals surface area contributed by atoms with Crippen molar-refractivity contribution in [2.75, 3.05) is 11.4 Å². The normalized spacial score (nSPS) is 17.8. The molecule has 118 valence electrons. The first-order valence-corrected chi connectivity index (χ1v) is 8.52. The van der Waals surface area contributed by atoms with E-state index >= 15 is 0 Å². The van der Waals surface area contributed by atoms with Gasteiger partial charge in [-0.1, -0.05) is 31.2 Å². The average Bonchev–Trinajstić information content (AvgIpc) is 2.72. The summed E-state index contributed by atoms with van der Waals surface area (Å²) in [7, 11) is 0. The van der Waals surface area contributed by atoms with E-state index in [9.17, 15) is 9.18 Å². The van der Waals surface area contributed by atoms with Crippen LogP contribution in [0.5, 0.6) is 0 Å². The van der Waals surface area contributed by atoms with Gasteiger partial charge in [-0.25, -0.2) is 4.39 Å². The predicted molar refractivity (Wildman–Crippen MR) is 94.2 cm³/mol. The van der Waals surface area contributed by atoms with E-state index in [2.05, 4.69) is 13.0 Å². The number of carbonyl (C=O) groups is 1. The van der Waals surface area contributed by atoms with Gasteiger partial charge in [0.15, 0.2) is 0 Å². The smallest absolute Gasteiger partial charge is 0.251 e. The summed E-state index contributed by atoms with van der Waals surface area (Å²) in [6.45, 7) is 2.89. The molecular weight excluding hydrogens is 309 g/mol. The van der Waals surface area contributed by atoms with Gasteiger partial charge in [0.25, 0.3) is 5.91 Å². The van der Waals surface area contributed by atoms with E-state index in [1.54, 1.807) is 24.3 Å². The number of nitrogens with zero attached hydrogens (tertiary/aromatic N) is 1. The molecule has 1 heterocycles. The van der Waals surface area contributed by atoms with E-state index in [0.717, 1.165) is 22.6 Å². The Bertz CT molecular complexity index is 726. The van der Waals surface area contributed by atoms with E-state index in [1.807, 2.05) is 34.9 Å². The van der Waals surface area contributed by atoms with Crippen LogP contribution in [0.15, 0.2) is 59.5 Å².